The van der Waals surface area contributed by atoms with Gasteiger partial charge in [-0.1, -0.05) is 25.7 Å². The molecule has 1 aliphatic heterocycles. The molecule has 4 heteroatoms. The molecule has 4 nitrogen and oxygen atoms in total. The van der Waals surface area contributed by atoms with Crippen LogP contribution < -0.4 is 5.73 Å². The minimum absolute atomic E-state index is 0.101. The molecule has 0 aromatic rings. The van der Waals surface area contributed by atoms with E-state index in [1.807, 2.05) is 7.05 Å². The number of rotatable bonds is 2. The number of amides is 1. The third kappa shape index (κ3) is 3.04. The predicted octanol–water partition coefficient (Wildman–Crippen LogP) is 1.20. The molecule has 2 rings (SSSR count). The Morgan fingerprint density at radius 3 is 2.39 bits per heavy atom. The molecule has 0 bridgehead atoms. The number of hydrogen-bond donors (Lipinski definition) is 1. The minimum atomic E-state index is -0.101. The van der Waals surface area contributed by atoms with Crippen molar-refractivity contribution in [3.8, 4) is 0 Å². The summed E-state index contributed by atoms with van der Waals surface area (Å²) in [4.78, 5) is 16.9. The van der Waals surface area contributed by atoms with E-state index < -0.39 is 0 Å². The van der Waals surface area contributed by atoms with Gasteiger partial charge in [-0.3, -0.25) is 9.69 Å². The van der Waals surface area contributed by atoms with Crippen molar-refractivity contribution >= 4 is 5.91 Å². The monoisotopic (exact) mass is 253 g/mol. The number of nitrogens with two attached hydrogens (primary N) is 1. The molecular weight excluding hydrogens is 226 g/mol. The Hall–Kier alpha value is -0.610. The second-order valence-corrected chi connectivity index (χ2v) is 5.76. The van der Waals surface area contributed by atoms with Crippen LogP contribution >= 0.6 is 0 Å². The number of nitrogens with zero attached hydrogens (tertiary/aromatic N) is 2. The summed E-state index contributed by atoms with van der Waals surface area (Å²) < 4.78 is 0. The van der Waals surface area contributed by atoms with E-state index in [2.05, 4.69) is 9.80 Å². The highest BCUT2D eigenvalue weighted by atomic mass is 16.2. The lowest BCUT2D eigenvalue weighted by Crippen LogP contribution is -2.51. The first kappa shape index (κ1) is 13.8. The van der Waals surface area contributed by atoms with Gasteiger partial charge in [0.15, 0.2) is 0 Å². The lowest BCUT2D eigenvalue weighted by molar-refractivity contribution is -0.137. The summed E-state index contributed by atoms with van der Waals surface area (Å²) in [5.41, 5.74) is 5.79. The van der Waals surface area contributed by atoms with Crippen LogP contribution in [0.1, 0.15) is 44.9 Å². The van der Waals surface area contributed by atoms with Crippen LogP contribution in [0.4, 0.5) is 0 Å². The lowest BCUT2D eigenvalue weighted by Gasteiger charge is -2.33. The molecule has 0 radical (unpaired) electrons. The van der Waals surface area contributed by atoms with E-state index in [0.717, 1.165) is 19.5 Å². The minimum Gasteiger partial charge on any atom is -0.338 e. The molecule has 2 fully saturated rings. The number of likely N-dealkylation sites (N-methyl/N-ethyl adjacent to an activating group) is 1. The molecule has 0 aromatic heterocycles. The van der Waals surface area contributed by atoms with Crippen LogP contribution in [-0.4, -0.2) is 54.5 Å². The molecule has 0 aromatic carbocycles. The Kier molecular flexibility index (Phi) is 5.01. The molecule has 18 heavy (non-hydrogen) atoms. The van der Waals surface area contributed by atoms with Gasteiger partial charge in [0, 0.05) is 25.7 Å². The van der Waals surface area contributed by atoms with Crippen molar-refractivity contribution < 1.29 is 4.79 Å². The Bertz CT molecular complexity index is 274. The van der Waals surface area contributed by atoms with E-state index in [4.69, 9.17) is 5.73 Å². The largest absolute Gasteiger partial charge is 0.338 e. The Labute approximate surface area is 110 Å². The first-order valence-corrected chi connectivity index (χ1v) is 7.45. The first-order chi connectivity index (χ1) is 8.74. The van der Waals surface area contributed by atoms with Gasteiger partial charge in [-0.15, -0.1) is 0 Å². The van der Waals surface area contributed by atoms with E-state index >= 15 is 0 Å². The summed E-state index contributed by atoms with van der Waals surface area (Å²) in [7, 11) is 2.02. The first-order valence-electron chi connectivity index (χ1n) is 7.45. The highest BCUT2D eigenvalue weighted by Crippen LogP contribution is 2.24. The van der Waals surface area contributed by atoms with Crippen molar-refractivity contribution in [2.75, 3.05) is 26.7 Å². The topological polar surface area (TPSA) is 49.6 Å². The van der Waals surface area contributed by atoms with Gasteiger partial charge in [-0.2, -0.15) is 0 Å². The summed E-state index contributed by atoms with van der Waals surface area (Å²) in [6, 6.07) is 0.372. The molecule has 0 spiro atoms. The fourth-order valence-electron chi connectivity index (χ4n) is 3.35. The van der Waals surface area contributed by atoms with Gasteiger partial charge in [-0.25, -0.2) is 0 Å². The maximum atomic E-state index is 12.6. The van der Waals surface area contributed by atoms with Gasteiger partial charge in [0.2, 0.25) is 5.91 Å². The molecule has 1 aliphatic carbocycles. The Morgan fingerprint density at radius 1 is 1.11 bits per heavy atom. The molecule has 2 aliphatic rings. The van der Waals surface area contributed by atoms with Crippen molar-refractivity contribution in [1.82, 2.24) is 9.80 Å². The summed E-state index contributed by atoms with van der Waals surface area (Å²) >= 11 is 0. The second kappa shape index (κ2) is 6.53. The smallest absolute Gasteiger partial charge is 0.241 e. The maximum Gasteiger partial charge on any atom is 0.241 e. The zero-order chi connectivity index (χ0) is 13.0. The molecular formula is C14H27N3O. The molecule has 104 valence electrons. The highest BCUT2D eigenvalue weighted by Gasteiger charge is 2.33. The zero-order valence-corrected chi connectivity index (χ0v) is 11.6. The fraction of sp³-hybridized carbons (Fsp3) is 0.929. The normalized spacial score (nSPS) is 29.1. The van der Waals surface area contributed by atoms with E-state index in [-0.39, 0.29) is 11.9 Å². The fourth-order valence-corrected chi connectivity index (χ4v) is 3.35. The molecule has 1 unspecified atom stereocenters. The second-order valence-electron chi connectivity index (χ2n) is 5.76. The molecule has 1 heterocycles. The van der Waals surface area contributed by atoms with E-state index in [1.165, 1.54) is 38.5 Å². The quantitative estimate of drug-likeness (QED) is 0.752. The van der Waals surface area contributed by atoms with Crippen molar-refractivity contribution in [3.63, 3.8) is 0 Å². The van der Waals surface area contributed by atoms with Gasteiger partial charge < -0.3 is 10.6 Å². The van der Waals surface area contributed by atoms with E-state index in [9.17, 15) is 4.79 Å². The Balaban J connectivity index is 2.07. The molecule has 1 saturated heterocycles. The van der Waals surface area contributed by atoms with Crippen LogP contribution in [-0.2, 0) is 4.79 Å². The Morgan fingerprint density at radius 2 is 1.78 bits per heavy atom. The van der Waals surface area contributed by atoms with Gasteiger partial charge in [-0.05, 0) is 26.3 Å². The van der Waals surface area contributed by atoms with Crippen LogP contribution in [0, 0.1) is 0 Å². The van der Waals surface area contributed by atoms with Gasteiger partial charge >= 0.3 is 0 Å². The zero-order valence-electron chi connectivity index (χ0n) is 11.6. The number of carbonyl (C=O) groups is 1. The van der Waals surface area contributed by atoms with Crippen molar-refractivity contribution in [1.29, 1.82) is 0 Å². The summed E-state index contributed by atoms with van der Waals surface area (Å²) in [5.74, 6) is 0.268. The lowest BCUT2D eigenvalue weighted by atomic mass is 10.1. The van der Waals surface area contributed by atoms with E-state index in [1.54, 1.807) is 0 Å². The van der Waals surface area contributed by atoms with E-state index in [0.29, 0.717) is 12.6 Å². The van der Waals surface area contributed by atoms with Gasteiger partial charge in [0.25, 0.3) is 0 Å². The molecule has 1 saturated carbocycles. The maximum absolute atomic E-state index is 12.6. The third-order valence-electron chi connectivity index (χ3n) is 4.50. The summed E-state index contributed by atoms with van der Waals surface area (Å²) in [6.45, 7) is 2.35. The van der Waals surface area contributed by atoms with Crippen LogP contribution in [0.2, 0.25) is 0 Å². The van der Waals surface area contributed by atoms with Gasteiger partial charge in [0.1, 0.15) is 6.04 Å². The number of hydrogen-bond acceptors (Lipinski definition) is 3. The van der Waals surface area contributed by atoms with Crippen molar-refractivity contribution in [2.45, 2.75) is 57.0 Å². The average molecular weight is 253 g/mol. The molecule has 1 atom stereocenters. The molecule has 1 amide bonds. The summed E-state index contributed by atoms with van der Waals surface area (Å²) in [6.07, 6.45) is 8.67. The van der Waals surface area contributed by atoms with Gasteiger partial charge in [0.05, 0.1) is 0 Å². The van der Waals surface area contributed by atoms with Crippen LogP contribution in [0.5, 0.6) is 0 Å². The number of carbonyl (C=O) groups excluding carboxylic acids is 1. The highest BCUT2D eigenvalue weighted by molar-refractivity contribution is 5.82. The van der Waals surface area contributed by atoms with Crippen LogP contribution in [0.3, 0.4) is 0 Å². The van der Waals surface area contributed by atoms with Crippen LogP contribution in [0.15, 0.2) is 0 Å². The average Bonchev–Trinajstić information content (AvgIpc) is 2.69. The standard InChI is InChI=1S/C14H27N3O/c1-16-9-6-10-17(14(18)13(16)11-15)12-7-4-2-3-5-8-12/h12-13H,2-11,15H2,1H3. The van der Waals surface area contributed by atoms with Crippen LogP contribution in [0.25, 0.3) is 0 Å². The predicted molar refractivity (Wildman–Crippen MR) is 73.3 cm³/mol. The third-order valence-corrected chi connectivity index (χ3v) is 4.50. The van der Waals surface area contributed by atoms with Crippen molar-refractivity contribution in [2.24, 2.45) is 5.73 Å². The molecule has 2 N–H and O–H groups in total. The SMILES string of the molecule is CN1CCCN(C2CCCCCC2)C(=O)C1CN. The van der Waals surface area contributed by atoms with Crippen molar-refractivity contribution in [3.05, 3.63) is 0 Å². The summed E-state index contributed by atoms with van der Waals surface area (Å²) in [5, 5.41) is 0.